The normalized spacial score (nSPS) is 11.3. The summed E-state index contributed by atoms with van der Waals surface area (Å²) in [6.07, 6.45) is 3.78. The zero-order valence-electron chi connectivity index (χ0n) is 16.6. The molecule has 0 bridgehead atoms. The van der Waals surface area contributed by atoms with E-state index in [2.05, 4.69) is 41.9 Å². The van der Waals surface area contributed by atoms with Crippen LogP contribution >= 0.6 is 0 Å². The number of rotatable bonds is 9. The molecule has 0 aliphatic rings. The fourth-order valence-corrected chi connectivity index (χ4v) is 3.41. The molecule has 1 N–H and O–H groups in total. The maximum absolute atomic E-state index is 13.6. The van der Waals surface area contributed by atoms with Crippen molar-refractivity contribution in [3.8, 4) is 0 Å². The van der Waals surface area contributed by atoms with Crippen molar-refractivity contribution < 1.29 is 9.18 Å². The third-order valence-corrected chi connectivity index (χ3v) is 4.76. The van der Waals surface area contributed by atoms with Crippen molar-refractivity contribution in [1.29, 1.82) is 0 Å². The number of nitrogens with zero attached hydrogens (tertiary/aromatic N) is 2. The first-order valence-electron chi connectivity index (χ1n) is 10.0. The molecule has 5 heteroatoms. The standard InChI is InChI=1S/C23H28FN3O/c1-17(2)16-27-21-13-8-7-12-20(21)26-22(27)14-4-3-9-15-25-23(28)18-10-5-6-11-19(18)24/h5-8,10-13,17H,3-4,9,14-16H2,1-2H3,(H,25,28). The largest absolute Gasteiger partial charge is 0.352 e. The van der Waals surface area contributed by atoms with Crippen molar-refractivity contribution in [3.05, 3.63) is 65.7 Å². The summed E-state index contributed by atoms with van der Waals surface area (Å²) in [6.45, 7) is 5.96. The van der Waals surface area contributed by atoms with Gasteiger partial charge in [0.2, 0.25) is 0 Å². The molecule has 4 nitrogen and oxygen atoms in total. The lowest BCUT2D eigenvalue weighted by Crippen LogP contribution is -2.25. The molecule has 2 aromatic carbocycles. The summed E-state index contributed by atoms with van der Waals surface area (Å²) in [6, 6.07) is 14.3. The second-order valence-corrected chi connectivity index (χ2v) is 7.57. The molecule has 0 radical (unpaired) electrons. The Kier molecular flexibility index (Phi) is 6.80. The number of fused-ring (bicyclic) bond motifs is 1. The van der Waals surface area contributed by atoms with Gasteiger partial charge in [0.05, 0.1) is 16.6 Å². The topological polar surface area (TPSA) is 46.9 Å². The number of hydrogen-bond acceptors (Lipinski definition) is 2. The quantitative estimate of drug-likeness (QED) is 0.532. The van der Waals surface area contributed by atoms with Gasteiger partial charge in [-0.1, -0.05) is 44.5 Å². The number of nitrogens with one attached hydrogen (secondary N) is 1. The number of halogens is 1. The van der Waals surface area contributed by atoms with Gasteiger partial charge >= 0.3 is 0 Å². The Morgan fingerprint density at radius 1 is 1.07 bits per heavy atom. The Morgan fingerprint density at radius 2 is 1.82 bits per heavy atom. The Hall–Kier alpha value is -2.69. The van der Waals surface area contributed by atoms with Gasteiger partial charge in [-0.25, -0.2) is 9.37 Å². The van der Waals surface area contributed by atoms with E-state index in [1.165, 1.54) is 17.6 Å². The van der Waals surface area contributed by atoms with Crippen LogP contribution in [-0.4, -0.2) is 22.0 Å². The summed E-state index contributed by atoms with van der Waals surface area (Å²) in [5.41, 5.74) is 2.35. The number of aryl methyl sites for hydroxylation is 1. The van der Waals surface area contributed by atoms with Crippen LogP contribution in [0.15, 0.2) is 48.5 Å². The molecule has 1 amide bonds. The molecule has 1 aromatic heterocycles. The maximum Gasteiger partial charge on any atom is 0.254 e. The van der Waals surface area contributed by atoms with Gasteiger partial charge in [-0.3, -0.25) is 4.79 Å². The van der Waals surface area contributed by atoms with Crippen molar-refractivity contribution in [3.63, 3.8) is 0 Å². The summed E-state index contributed by atoms with van der Waals surface area (Å²) < 4.78 is 15.9. The number of imidazole rings is 1. The van der Waals surface area contributed by atoms with E-state index in [9.17, 15) is 9.18 Å². The number of hydrogen-bond donors (Lipinski definition) is 1. The van der Waals surface area contributed by atoms with Gasteiger partial charge in [0.15, 0.2) is 0 Å². The lowest BCUT2D eigenvalue weighted by Gasteiger charge is -2.12. The molecule has 0 aliphatic heterocycles. The Balaban J connectivity index is 1.48. The summed E-state index contributed by atoms with van der Waals surface area (Å²) >= 11 is 0. The van der Waals surface area contributed by atoms with E-state index >= 15 is 0 Å². The lowest BCUT2D eigenvalue weighted by molar-refractivity contribution is 0.0949. The van der Waals surface area contributed by atoms with Crippen molar-refractivity contribution >= 4 is 16.9 Å². The number of unbranched alkanes of at least 4 members (excludes halogenated alkanes) is 2. The summed E-state index contributed by atoms with van der Waals surface area (Å²) in [4.78, 5) is 16.8. The van der Waals surface area contributed by atoms with Crippen LogP contribution in [0.25, 0.3) is 11.0 Å². The molecule has 0 saturated heterocycles. The number of carbonyl (C=O) groups is 1. The predicted octanol–water partition coefficient (Wildman–Crippen LogP) is 4.97. The number of carbonyl (C=O) groups excluding carboxylic acids is 1. The van der Waals surface area contributed by atoms with Crippen LogP contribution < -0.4 is 5.32 Å². The summed E-state index contributed by atoms with van der Waals surface area (Å²) in [5, 5.41) is 2.80. The van der Waals surface area contributed by atoms with Crippen LogP contribution in [-0.2, 0) is 13.0 Å². The van der Waals surface area contributed by atoms with Gasteiger partial charge < -0.3 is 9.88 Å². The molecule has 0 atom stereocenters. The van der Waals surface area contributed by atoms with Crippen LogP contribution in [0.1, 0.15) is 49.3 Å². The van der Waals surface area contributed by atoms with Crippen molar-refractivity contribution in [2.75, 3.05) is 6.54 Å². The fraction of sp³-hybridized carbons (Fsp3) is 0.391. The molecular formula is C23H28FN3O. The molecule has 0 aliphatic carbocycles. The second kappa shape index (κ2) is 9.49. The zero-order valence-corrected chi connectivity index (χ0v) is 16.6. The molecule has 0 unspecified atom stereocenters. The molecule has 0 fully saturated rings. The third kappa shape index (κ3) is 4.97. The highest BCUT2D eigenvalue weighted by Crippen LogP contribution is 2.19. The van der Waals surface area contributed by atoms with Crippen LogP contribution in [0, 0.1) is 11.7 Å². The van der Waals surface area contributed by atoms with E-state index in [1.807, 2.05) is 6.07 Å². The zero-order chi connectivity index (χ0) is 19.9. The first-order valence-corrected chi connectivity index (χ1v) is 10.0. The third-order valence-electron chi connectivity index (χ3n) is 4.76. The van der Waals surface area contributed by atoms with Gasteiger partial charge in [-0.15, -0.1) is 0 Å². The van der Waals surface area contributed by atoms with E-state index in [0.717, 1.165) is 43.6 Å². The van der Waals surface area contributed by atoms with E-state index in [1.54, 1.807) is 12.1 Å². The molecular weight excluding hydrogens is 353 g/mol. The molecule has 148 valence electrons. The van der Waals surface area contributed by atoms with E-state index < -0.39 is 5.82 Å². The predicted molar refractivity (Wildman–Crippen MR) is 111 cm³/mol. The lowest BCUT2D eigenvalue weighted by atomic mass is 10.1. The molecule has 1 heterocycles. The van der Waals surface area contributed by atoms with Crippen molar-refractivity contribution in [2.24, 2.45) is 5.92 Å². The van der Waals surface area contributed by atoms with Crippen molar-refractivity contribution in [2.45, 2.75) is 46.1 Å². The van der Waals surface area contributed by atoms with Crippen LogP contribution in [0.3, 0.4) is 0 Å². The molecule has 0 spiro atoms. The van der Waals surface area contributed by atoms with Crippen molar-refractivity contribution in [1.82, 2.24) is 14.9 Å². The Bertz CT molecular complexity index is 932. The van der Waals surface area contributed by atoms with Gasteiger partial charge in [0, 0.05) is 19.5 Å². The minimum Gasteiger partial charge on any atom is -0.352 e. The first kappa shape index (κ1) is 20.1. The van der Waals surface area contributed by atoms with Gasteiger partial charge in [0.1, 0.15) is 11.6 Å². The SMILES string of the molecule is CC(C)Cn1c(CCCCCNC(=O)c2ccccc2F)nc2ccccc21. The van der Waals surface area contributed by atoms with Crippen LogP contribution in [0.4, 0.5) is 4.39 Å². The molecule has 3 rings (SSSR count). The van der Waals surface area contributed by atoms with Crippen LogP contribution in [0.2, 0.25) is 0 Å². The highest BCUT2D eigenvalue weighted by Gasteiger charge is 2.12. The number of aromatic nitrogens is 2. The van der Waals surface area contributed by atoms with E-state index in [4.69, 9.17) is 4.98 Å². The van der Waals surface area contributed by atoms with Gasteiger partial charge in [-0.05, 0) is 43.0 Å². The Labute approximate surface area is 165 Å². The van der Waals surface area contributed by atoms with E-state index in [-0.39, 0.29) is 11.5 Å². The molecule has 3 aromatic rings. The highest BCUT2D eigenvalue weighted by atomic mass is 19.1. The minimum absolute atomic E-state index is 0.102. The molecule has 28 heavy (non-hydrogen) atoms. The fourth-order valence-electron chi connectivity index (χ4n) is 3.41. The number of benzene rings is 2. The number of para-hydroxylation sites is 2. The smallest absolute Gasteiger partial charge is 0.254 e. The second-order valence-electron chi connectivity index (χ2n) is 7.57. The average molecular weight is 381 g/mol. The van der Waals surface area contributed by atoms with E-state index in [0.29, 0.717) is 12.5 Å². The first-order chi connectivity index (χ1) is 13.6. The monoisotopic (exact) mass is 381 g/mol. The number of amides is 1. The highest BCUT2D eigenvalue weighted by molar-refractivity contribution is 5.94. The van der Waals surface area contributed by atoms with Gasteiger partial charge in [0.25, 0.3) is 5.91 Å². The summed E-state index contributed by atoms with van der Waals surface area (Å²) in [5.74, 6) is 0.858. The minimum atomic E-state index is -0.482. The maximum atomic E-state index is 13.6. The van der Waals surface area contributed by atoms with Crippen LogP contribution in [0.5, 0.6) is 0 Å². The van der Waals surface area contributed by atoms with Gasteiger partial charge in [-0.2, -0.15) is 0 Å². The molecule has 0 saturated carbocycles. The average Bonchev–Trinajstić information content (AvgIpc) is 3.01. The summed E-state index contributed by atoms with van der Waals surface area (Å²) in [7, 11) is 0. The Morgan fingerprint density at radius 3 is 2.61 bits per heavy atom.